The summed E-state index contributed by atoms with van der Waals surface area (Å²) in [6, 6.07) is 0. The molecule has 0 aliphatic carbocycles. The third kappa shape index (κ3) is 11.8. The van der Waals surface area contributed by atoms with Gasteiger partial charge >= 0.3 is 114 Å². The van der Waals surface area contributed by atoms with E-state index in [4.69, 9.17) is 0 Å². The maximum atomic E-state index is 3.94. The van der Waals surface area contributed by atoms with Gasteiger partial charge in [-0.1, -0.05) is 0 Å². The Balaban J connectivity index is 4.53. The molecule has 0 atom stereocenters. The van der Waals surface area contributed by atoms with Gasteiger partial charge in [-0.15, -0.1) is 0 Å². The standard InChI is InChI=1S/3C3H10NSi.Sb/c3*1-5(2,3)4;/h3*4H,1-3H3;/q3*-1;+3. The van der Waals surface area contributed by atoms with Gasteiger partial charge in [0.2, 0.25) is 0 Å². The van der Waals surface area contributed by atoms with Gasteiger partial charge in [0.15, 0.2) is 0 Å². The minimum atomic E-state index is -1.64. The molecule has 0 saturated carbocycles. The van der Waals surface area contributed by atoms with Gasteiger partial charge in [-0.25, -0.2) is 0 Å². The van der Waals surface area contributed by atoms with Crippen molar-refractivity contribution in [3.63, 3.8) is 0 Å². The number of hydrogen-bond acceptors (Lipinski definition) is 3. The molecule has 0 bridgehead atoms. The van der Waals surface area contributed by atoms with Gasteiger partial charge in [0.05, 0.1) is 0 Å². The van der Waals surface area contributed by atoms with Crippen LogP contribution < -0.4 is 9.42 Å². The fourth-order valence-corrected chi connectivity index (χ4v) is 25.3. The summed E-state index contributed by atoms with van der Waals surface area (Å²) in [6.45, 7) is 21.5. The molecule has 0 aromatic rings. The van der Waals surface area contributed by atoms with Crippen molar-refractivity contribution in [3.8, 4) is 0 Å². The van der Waals surface area contributed by atoms with Crippen molar-refractivity contribution >= 4 is 45.7 Å². The molecule has 0 fully saturated rings. The molecular formula is C9H30N3SbSi3. The van der Waals surface area contributed by atoms with Crippen LogP contribution in [0.3, 0.4) is 0 Å². The van der Waals surface area contributed by atoms with E-state index in [9.17, 15) is 0 Å². The number of hydrogen-bond donors (Lipinski definition) is 3. The molecule has 0 aliphatic heterocycles. The molecule has 0 amide bonds. The molecule has 0 radical (unpaired) electrons. The second-order valence-electron chi connectivity index (χ2n) is 7.42. The molecule has 3 nitrogen and oxygen atoms in total. The van der Waals surface area contributed by atoms with E-state index in [1.807, 2.05) is 0 Å². The van der Waals surface area contributed by atoms with Crippen LogP contribution in [0.4, 0.5) is 0 Å². The predicted molar refractivity (Wildman–Crippen MR) is 85.2 cm³/mol. The molecular weight excluding hydrogens is 356 g/mol. The van der Waals surface area contributed by atoms with Crippen LogP contribution in [0.15, 0.2) is 0 Å². The first-order valence-corrected chi connectivity index (χ1v) is 20.2. The minimum absolute atomic E-state index is 1.17. The second-order valence-corrected chi connectivity index (χ2v) is 29.2. The first kappa shape index (κ1) is 17.3. The van der Waals surface area contributed by atoms with Gasteiger partial charge in [0, 0.05) is 0 Å². The Hall–Kier alpha value is 1.35. The normalized spacial score (nSPS) is 14.6. The molecule has 0 unspecified atom stereocenters. The molecule has 7 heteroatoms. The Labute approximate surface area is 113 Å². The van der Waals surface area contributed by atoms with Crippen molar-refractivity contribution in [2.24, 2.45) is 0 Å². The summed E-state index contributed by atoms with van der Waals surface area (Å²) in [5.41, 5.74) is 0. The van der Waals surface area contributed by atoms with Gasteiger partial charge in [-0.05, 0) is 0 Å². The zero-order chi connectivity index (χ0) is 13.2. The Bertz CT molecular complexity index is 179. The molecule has 3 N–H and O–H groups in total. The van der Waals surface area contributed by atoms with Crippen molar-refractivity contribution in [2.75, 3.05) is 0 Å². The summed E-state index contributed by atoms with van der Waals surface area (Å²) in [5.74, 6) is 0. The van der Waals surface area contributed by atoms with E-state index in [2.05, 4.69) is 68.3 Å². The first-order valence-electron chi connectivity index (χ1n) is 5.92. The van der Waals surface area contributed by atoms with E-state index in [1.54, 1.807) is 0 Å². The topological polar surface area (TPSA) is 36.1 Å². The van der Waals surface area contributed by atoms with Crippen molar-refractivity contribution in [1.82, 2.24) is 9.42 Å². The van der Waals surface area contributed by atoms with Crippen LogP contribution in [0.1, 0.15) is 0 Å². The Morgan fingerprint density at radius 2 is 0.688 bits per heavy atom. The molecule has 98 valence electrons. The van der Waals surface area contributed by atoms with Crippen LogP contribution in [-0.2, 0) is 0 Å². The number of rotatable bonds is 6. The van der Waals surface area contributed by atoms with Crippen LogP contribution in [0.25, 0.3) is 0 Å². The van der Waals surface area contributed by atoms with Gasteiger partial charge in [-0.3, -0.25) is 0 Å². The van der Waals surface area contributed by atoms with E-state index >= 15 is 0 Å². The van der Waals surface area contributed by atoms with Crippen LogP contribution in [0.5, 0.6) is 0 Å². The van der Waals surface area contributed by atoms with E-state index in [1.165, 1.54) is 0 Å². The maximum absolute atomic E-state index is 3.94. The molecule has 0 heterocycles. The van der Waals surface area contributed by atoms with Crippen molar-refractivity contribution in [3.05, 3.63) is 0 Å². The molecule has 0 saturated heterocycles. The molecule has 0 aliphatic rings. The monoisotopic (exact) mass is 385 g/mol. The fraction of sp³-hybridized carbons (Fsp3) is 1.00. The Morgan fingerprint density at radius 3 is 0.812 bits per heavy atom. The second kappa shape index (κ2) is 5.99. The molecule has 0 rings (SSSR count). The number of nitrogens with one attached hydrogen (secondary N) is 3. The van der Waals surface area contributed by atoms with E-state index in [0.29, 0.717) is 0 Å². The zero-order valence-corrected chi connectivity index (χ0v) is 18.0. The Kier molecular flexibility index (Phi) is 6.50. The first-order chi connectivity index (χ1) is 6.79. The average Bonchev–Trinajstić information content (AvgIpc) is 1.70. The summed E-state index contributed by atoms with van der Waals surface area (Å²) in [7, 11) is -3.51. The average molecular weight is 386 g/mol. The van der Waals surface area contributed by atoms with Gasteiger partial charge in [-0.2, -0.15) is 0 Å². The van der Waals surface area contributed by atoms with Crippen LogP contribution in [0, 0.1) is 0 Å². The predicted octanol–water partition coefficient (Wildman–Crippen LogP) is 2.24. The zero-order valence-electron chi connectivity index (χ0n) is 12.4. The molecule has 0 aromatic carbocycles. The molecule has 0 aromatic heterocycles. The van der Waals surface area contributed by atoms with Crippen molar-refractivity contribution in [2.45, 2.75) is 58.9 Å². The third-order valence-corrected chi connectivity index (χ3v) is 27.0. The summed E-state index contributed by atoms with van der Waals surface area (Å²) in [6.07, 6.45) is 0. The van der Waals surface area contributed by atoms with Gasteiger partial charge in [0.25, 0.3) is 0 Å². The van der Waals surface area contributed by atoms with E-state index in [0.717, 1.165) is 0 Å². The fourth-order valence-electron chi connectivity index (χ4n) is 1.09. The van der Waals surface area contributed by atoms with Crippen LogP contribution in [0.2, 0.25) is 58.9 Å². The quantitative estimate of drug-likeness (QED) is 0.613. The molecule has 0 spiro atoms. The van der Waals surface area contributed by atoms with E-state index in [-0.39, 0.29) is 0 Å². The summed E-state index contributed by atoms with van der Waals surface area (Å²) < 4.78 is 11.8. The van der Waals surface area contributed by atoms with E-state index < -0.39 is 45.7 Å². The van der Waals surface area contributed by atoms with Gasteiger partial charge in [0.1, 0.15) is 0 Å². The SMILES string of the molecule is C[Si](C)(C)[NH][Sb]([NH][Si](C)(C)C)[NH][Si](C)(C)C. The van der Waals surface area contributed by atoms with Crippen molar-refractivity contribution < 1.29 is 0 Å². The summed E-state index contributed by atoms with van der Waals surface area (Å²) in [5, 5.41) is 0. The summed E-state index contributed by atoms with van der Waals surface area (Å²) >= 11 is -1.64. The van der Waals surface area contributed by atoms with Crippen LogP contribution in [-0.4, -0.2) is 45.7 Å². The summed E-state index contributed by atoms with van der Waals surface area (Å²) in [4.78, 5) is 0. The third-order valence-electron chi connectivity index (χ3n) is 1.34. The van der Waals surface area contributed by atoms with Crippen molar-refractivity contribution in [1.29, 1.82) is 0 Å². The van der Waals surface area contributed by atoms with Gasteiger partial charge < -0.3 is 0 Å². The molecule has 16 heavy (non-hydrogen) atoms. The van der Waals surface area contributed by atoms with Crippen LogP contribution >= 0.6 is 0 Å². The Morgan fingerprint density at radius 1 is 0.500 bits per heavy atom.